The first-order valence-corrected chi connectivity index (χ1v) is 17.5. The molecule has 9 heteroatoms. The van der Waals surface area contributed by atoms with E-state index < -0.39 is 26.6 Å². The van der Waals surface area contributed by atoms with Crippen LogP contribution in [0.25, 0.3) is 0 Å². The molecule has 42 heavy (non-hydrogen) atoms. The smallest absolute Gasteiger partial charge is 0.268 e. The Balaban J connectivity index is 4.63. The van der Waals surface area contributed by atoms with Gasteiger partial charge >= 0.3 is 0 Å². The Labute approximate surface area is 257 Å². The number of aliphatic hydroxyl groups is 1. The second-order valence-corrected chi connectivity index (χ2v) is 13.2. The van der Waals surface area contributed by atoms with Gasteiger partial charge in [0.15, 0.2) is 0 Å². The zero-order valence-electron chi connectivity index (χ0n) is 27.2. The first-order chi connectivity index (χ1) is 20.0. The highest BCUT2D eigenvalue weighted by Crippen LogP contribution is 2.38. The van der Waals surface area contributed by atoms with Crippen LogP contribution in [0.3, 0.4) is 0 Å². The average molecular weight is 613 g/mol. The van der Waals surface area contributed by atoms with Crippen LogP contribution >= 0.6 is 7.82 Å². The van der Waals surface area contributed by atoms with Gasteiger partial charge in [-0.15, -0.1) is 0 Å². The number of rotatable bonds is 27. The van der Waals surface area contributed by atoms with Crippen molar-refractivity contribution in [2.24, 2.45) is 0 Å². The minimum atomic E-state index is -4.58. The Hall–Kier alpha value is -1.54. The van der Waals surface area contributed by atoms with Gasteiger partial charge in [0.2, 0.25) is 5.91 Å². The SMILES string of the molecule is CCC/C=C\C/C=C\CCCCCCCC(=O)NC(COP(=O)([O-])OCC[N+](C)(C)C)C(O)/C=C/CC/C=C/CCC. The summed E-state index contributed by atoms with van der Waals surface area (Å²) in [6.07, 6.45) is 28.9. The molecule has 0 radical (unpaired) electrons. The van der Waals surface area contributed by atoms with Crippen molar-refractivity contribution in [1.82, 2.24) is 5.32 Å². The molecule has 0 heterocycles. The number of aliphatic hydroxyl groups excluding tert-OH is 1. The minimum Gasteiger partial charge on any atom is -0.756 e. The van der Waals surface area contributed by atoms with Crippen LogP contribution in [-0.2, 0) is 18.4 Å². The molecule has 0 bridgehead atoms. The predicted molar refractivity (Wildman–Crippen MR) is 173 cm³/mol. The molecule has 0 aliphatic carbocycles. The summed E-state index contributed by atoms with van der Waals surface area (Å²) in [7, 11) is 1.22. The molecule has 0 fully saturated rings. The Bertz CT molecular complexity index is 835. The summed E-state index contributed by atoms with van der Waals surface area (Å²) in [5.74, 6) is -0.232. The van der Waals surface area contributed by atoms with E-state index in [1.165, 1.54) is 6.42 Å². The van der Waals surface area contributed by atoms with Crippen molar-refractivity contribution >= 4 is 13.7 Å². The summed E-state index contributed by atoms with van der Waals surface area (Å²) in [6.45, 7) is 4.38. The topological polar surface area (TPSA) is 108 Å². The molecule has 3 atom stereocenters. The van der Waals surface area contributed by atoms with Crippen LogP contribution in [0.4, 0.5) is 0 Å². The molecule has 0 spiro atoms. The number of quaternary nitrogens is 1. The van der Waals surface area contributed by atoms with Gasteiger partial charge in [-0.25, -0.2) is 0 Å². The highest BCUT2D eigenvalue weighted by atomic mass is 31.2. The third kappa shape index (κ3) is 27.3. The molecule has 3 unspecified atom stereocenters. The van der Waals surface area contributed by atoms with Crippen LogP contribution in [-0.4, -0.2) is 68.5 Å². The number of carbonyl (C=O) groups is 1. The highest BCUT2D eigenvalue weighted by Gasteiger charge is 2.23. The summed E-state index contributed by atoms with van der Waals surface area (Å²) in [5.41, 5.74) is 0. The van der Waals surface area contributed by atoms with Gasteiger partial charge in [0.05, 0.1) is 39.9 Å². The van der Waals surface area contributed by atoms with E-state index in [4.69, 9.17) is 9.05 Å². The largest absolute Gasteiger partial charge is 0.756 e. The molecule has 2 N–H and O–H groups in total. The van der Waals surface area contributed by atoms with Gasteiger partial charge in [-0.3, -0.25) is 9.36 Å². The fraction of sp³-hybridized carbons (Fsp3) is 0.727. The number of hydrogen-bond donors (Lipinski definition) is 2. The van der Waals surface area contributed by atoms with E-state index in [0.717, 1.165) is 77.0 Å². The van der Waals surface area contributed by atoms with Gasteiger partial charge in [-0.1, -0.05) is 94.6 Å². The van der Waals surface area contributed by atoms with Gasteiger partial charge in [0.25, 0.3) is 7.82 Å². The molecule has 1 amide bonds. The van der Waals surface area contributed by atoms with E-state index in [0.29, 0.717) is 17.4 Å². The second kappa shape index (κ2) is 25.9. The first-order valence-electron chi connectivity index (χ1n) is 16.0. The zero-order chi connectivity index (χ0) is 31.5. The van der Waals surface area contributed by atoms with E-state index in [2.05, 4.69) is 55.6 Å². The number of nitrogens with zero attached hydrogens (tertiary/aromatic N) is 1. The maximum atomic E-state index is 12.6. The van der Waals surface area contributed by atoms with Crippen molar-refractivity contribution in [3.63, 3.8) is 0 Å². The Morgan fingerprint density at radius 2 is 1.40 bits per heavy atom. The van der Waals surface area contributed by atoms with Gasteiger partial charge in [-0.05, 0) is 51.4 Å². The van der Waals surface area contributed by atoms with Crippen molar-refractivity contribution in [3.8, 4) is 0 Å². The lowest BCUT2D eigenvalue weighted by Crippen LogP contribution is -2.45. The van der Waals surface area contributed by atoms with Crippen molar-refractivity contribution in [1.29, 1.82) is 0 Å². The molecule has 8 nitrogen and oxygen atoms in total. The van der Waals surface area contributed by atoms with Crippen LogP contribution in [0, 0.1) is 0 Å². The van der Waals surface area contributed by atoms with Crippen molar-refractivity contribution in [2.45, 2.75) is 116 Å². The number of nitrogens with one attached hydrogen (secondary N) is 1. The fourth-order valence-corrected chi connectivity index (χ4v) is 4.58. The predicted octanol–water partition coefficient (Wildman–Crippen LogP) is 6.77. The number of hydrogen-bond acceptors (Lipinski definition) is 6. The number of allylic oxidation sites excluding steroid dienone is 7. The molecule has 244 valence electrons. The highest BCUT2D eigenvalue weighted by molar-refractivity contribution is 7.45. The Kier molecular flexibility index (Phi) is 25.0. The summed E-state index contributed by atoms with van der Waals surface area (Å²) < 4.78 is 22.9. The lowest BCUT2D eigenvalue weighted by molar-refractivity contribution is -0.870. The quantitative estimate of drug-likeness (QED) is 0.0459. The van der Waals surface area contributed by atoms with Gasteiger partial charge in [-0.2, -0.15) is 0 Å². The molecular weight excluding hydrogens is 551 g/mol. The maximum Gasteiger partial charge on any atom is 0.268 e. The van der Waals surface area contributed by atoms with Gasteiger partial charge in [0.1, 0.15) is 13.2 Å². The standard InChI is InChI=1S/C33H61N2O6P/c1-6-8-10-12-14-15-16-17-18-19-21-23-25-27-33(37)34-31(32(36)26-24-22-20-13-11-9-7-2)30-41-42(38,39)40-29-28-35(3,4)5/h10-13,15-16,24,26,31-32,36H,6-9,14,17-23,25,27-30H2,1-5H3,(H-,34,37,38,39)/b12-10-,13-11+,16-15-,26-24+. The summed E-state index contributed by atoms with van der Waals surface area (Å²) in [6, 6.07) is -0.905. The first kappa shape index (κ1) is 40.5. The number of amides is 1. The number of likely N-dealkylation sites (N-methyl/N-ethyl adjacent to an activating group) is 1. The van der Waals surface area contributed by atoms with E-state index >= 15 is 0 Å². The molecule has 0 rings (SSSR count). The third-order valence-electron chi connectivity index (χ3n) is 6.47. The van der Waals surface area contributed by atoms with Crippen molar-refractivity contribution < 1.29 is 32.9 Å². The van der Waals surface area contributed by atoms with Crippen molar-refractivity contribution in [2.75, 3.05) is 40.9 Å². The second-order valence-electron chi connectivity index (χ2n) is 11.8. The Morgan fingerprint density at radius 3 is 2.07 bits per heavy atom. The van der Waals surface area contributed by atoms with Gasteiger partial charge in [0, 0.05) is 6.42 Å². The van der Waals surface area contributed by atoms with E-state index in [1.807, 2.05) is 27.2 Å². The Morgan fingerprint density at radius 1 is 0.833 bits per heavy atom. The van der Waals surface area contributed by atoms with Crippen LogP contribution < -0.4 is 10.2 Å². The zero-order valence-corrected chi connectivity index (χ0v) is 28.1. The lowest BCUT2D eigenvalue weighted by atomic mass is 10.1. The lowest BCUT2D eigenvalue weighted by Gasteiger charge is -2.29. The number of phosphoric ester groups is 1. The third-order valence-corrected chi connectivity index (χ3v) is 7.44. The van der Waals surface area contributed by atoms with E-state index in [9.17, 15) is 19.4 Å². The molecular formula is C33H61N2O6P. The molecule has 0 aliphatic heterocycles. The van der Waals surface area contributed by atoms with E-state index in [1.54, 1.807) is 6.08 Å². The van der Waals surface area contributed by atoms with Crippen LogP contribution in [0.5, 0.6) is 0 Å². The average Bonchev–Trinajstić information content (AvgIpc) is 2.92. The van der Waals surface area contributed by atoms with Crippen LogP contribution in [0.15, 0.2) is 48.6 Å². The molecule has 0 aromatic carbocycles. The molecule has 0 aliphatic rings. The van der Waals surface area contributed by atoms with Gasteiger partial charge < -0.3 is 28.8 Å². The summed E-state index contributed by atoms with van der Waals surface area (Å²) in [5, 5.41) is 13.5. The van der Waals surface area contributed by atoms with Crippen LogP contribution in [0.2, 0.25) is 0 Å². The van der Waals surface area contributed by atoms with Crippen molar-refractivity contribution in [3.05, 3.63) is 48.6 Å². The summed E-state index contributed by atoms with van der Waals surface area (Å²) >= 11 is 0. The molecule has 0 aromatic heterocycles. The number of unbranched alkanes of at least 4 members (excludes halogenated alkanes) is 8. The maximum absolute atomic E-state index is 12.6. The van der Waals surface area contributed by atoms with Crippen LogP contribution in [0.1, 0.15) is 104 Å². The normalized spacial score (nSPS) is 15.7. The molecule has 0 aromatic rings. The monoisotopic (exact) mass is 612 g/mol. The minimum absolute atomic E-state index is 0.0119. The number of carbonyl (C=O) groups excluding carboxylic acids is 1. The number of phosphoric acid groups is 1. The fourth-order valence-electron chi connectivity index (χ4n) is 3.86. The van der Waals surface area contributed by atoms with E-state index in [-0.39, 0.29) is 12.5 Å². The molecule has 0 saturated carbocycles. The molecule has 0 saturated heterocycles. The summed E-state index contributed by atoms with van der Waals surface area (Å²) in [4.78, 5) is 24.9.